The van der Waals surface area contributed by atoms with Crippen LogP contribution in [0.1, 0.15) is 61.8 Å². The molecule has 64 heavy (non-hydrogen) atoms. The second kappa shape index (κ2) is 14.8. The molecule has 13 rings (SSSR count). The van der Waals surface area contributed by atoms with Gasteiger partial charge in [-0.05, 0) is 107 Å². The van der Waals surface area contributed by atoms with E-state index >= 15 is 0 Å². The molecule has 1 aliphatic rings. The fourth-order valence-corrected chi connectivity index (χ4v) is 12.6. The molecule has 308 valence electrons. The largest absolute Gasteiger partial charge is 0.453 e. The molecule has 0 saturated carbocycles. The molecule has 0 spiro atoms. The SMILES string of the molecule is CC[C@@H]1C(c2cccc3sc4ccccc4c23)=NC(c2ccccc2)C(C)CCC1c1cc(-n2c3ccccc3c3cc4ccccc4cc32)c2oc3c4ccccc4ccc3c2c1. The summed E-state index contributed by atoms with van der Waals surface area (Å²) in [6.45, 7) is 4.81. The molecule has 4 heterocycles. The zero-order chi connectivity index (χ0) is 42.5. The van der Waals surface area contributed by atoms with Crippen molar-refractivity contribution >= 4 is 103 Å². The van der Waals surface area contributed by atoms with Crippen LogP contribution in [0, 0.1) is 11.8 Å². The average molecular weight is 843 g/mol. The van der Waals surface area contributed by atoms with Gasteiger partial charge in [-0.3, -0.25) is 4.99 Å². The minimum absolute atomic E-state index is 0.0583. The van der Waals surface area contributed by atoms with Gasteiger partial charge in [0.2, 0.25) is 0 Å². The van der Waals surface area contributed by atoms with Gasteiger partial charge in [0.05, 0.1) is 22.8 Å². The molecule has 4 atom stereocenters. The van der Waals surface area contributed by atoms with E-state index in [2.05, 4.69) is 200 Å². The highest BCUT2D eigenvalue weighted by Gasteiger charge is 2.35. The smallest absolute Gasteiger partial charge is 0.159 e. The lowest BCUT2D eigenvalue weighted by Gasteiger charge is -2.35. The third kappa shape index (κ3) is 5.75. The molecule has 3 nitrogen and oxygen atoms in total. The van der Waals surface area contributed by atoms with E-state index in [0.29, 0.717) is 5.92 Å². The Balaban J connectivity index is 1.11. The molecule has 3 unspecified atom stereocenters. The van der Waals surface area contributed by atoms with Crippen LogP contribution in [-0.4, -0.2) is 10.3 Å². The van der Waals surface area contributed by atoms with Gasteiger partial charge in [-0.15, -0.1) is 11.3 Å². The highest BCUT2D eigenvalue weighted by atomic mass is 32.1. The lowest BCUT2D eigenvalue weighted by Crippen LogP contribution is -2.28. The van der Waals surface area contributed by atoms with Gasteiger partial charge in [0.1, 0.15) is 5.58 Å². The normalized spacial score (nSPS) is 18.5. The molecule has 0 amide bonds. The Kier molecular flexibility index (Phi) is 8.67. The van der Waals surface area contributed by atoms with Crippen molar-refractivity contribution in [2.24, 2.45) is 16.8 Å². The molecule has 0 N–H and O–H groups in total. The predicted molar refractivity (Wildman–Crippen MR) is 273 cm³/mol. The minimum Gasteiger partial charge on any atom is -0.453 e. The first-order chi connectivity index (χ1) is 31.6. The van der Waals surface area contributed by atoms with Crippen LogP contribution >= 0.6 is 11.3 Å². The number of aromatic nitrogens is 1. The second-order valence-electron chi connectivity index (χ2n) is 18.1. The molecule has 4 heteroatoms. The van der Waals surface area contributed by atoms with Crippen LogP contribution in [0.5, 0.6) is 0 Å². The Bertz CT molecular complexity index is 3830. The lowest BCUT2D eigenvalue weighted by molar-refractivity contribution is 0.362. The summed E-state index contributed by atoms with van der Waals surface area (Å²) in [4.78, 5) is 6.04. The third-order valence-electron chi connectivity index (χ3n) is 14.5. The first-order valence-electron chi connectivity index (χ1n) is 22.9. The number of benzene rings is 9. The average Bonchev–Trinajstić information content (AvgIpc) is 4.02. The van der Waals surface area contributed by atoms with E-state index in [-0.39, 0.29) is 17.9 Å². The molecule has 0 bridgehead atoms. The van der Waals surface area contributed by atoms with Gasteiger partial charge in [-0.1, -0.05) is 147 Å². The van der Waals surface area contributed by atoms with E-state index in [1.54, 1.807) is 0 Å². The molecule has 12 aromatic rings. The summed E-state index contributed by atoms with van der Waals surface area (Å²) < 4.78 is 12.4. The van der Waals surface area contributed by atoms with Gasteiger partial charge < -0.3 is 8.98 Å². The summed E-state index contributed by atoms with van der Waals surface area (Å²) in [5.41, 5.74) is 10.5. The van der Waals surface area contributed by atoms with Gasteiger partial charge in [0.25, 0.3) is 0 Å². The lowest BCUT2D eigenvalue weighted by atomic mass is 9.73. The molecular formula is C60H46N2OS. The molecule has 0 radical (unpaired) electrons. The van der Waals surface area contributed by atoms with E-state index in [4.69, 9.17) is 9.41 Å². The molecule has 0 fully saturated rings. The van der Waals surface area contributed by atoms with Crippen LogP contribution in [0.25, 0.3) is 91.1 Å². The van der Waals surface area contributed by atoms with Crippen molar-refractivity contribution in [3.63, 3.8) is 0 Å². The fraction of sp³-hybridized carbons (Fsp3) is 0.150. The number of furan rings is 1. The van der Waals surface area contributed by atoms with Crippen LogP contribution in [0.15, 0.2) is 191 Å². The molecule has 0 saturated heterocycles. The van der Waals surface area contributed by atoms with Crippen molar-refractivity contribution in [3.05, 3.63) is 199 Å². The monoisotopic (exact) mass is 842 g/mol. The van der Waals surface area contributed by atoms with Crippen molar-refractivity contribution < 1.29 is 4.42 Å². The molecule has 0 aliphatic carbocycles. The van der Waals surface area contributed by atoms with E-state index in [9.17, 15) is 0 Å². The van der Waals surface area contributed by atoms with Crippen molar-refractivity contribution in [3.8, 4) is 5.69 Å². The van der Waals surface area contributed by atoms with Gasteiger partial charge >= 0.3 is 0 Å². The van der Waals surface area contributed by atoms with Gasteiger partial charge in [-0.25, -0.2) is 0 Å². The number of fused-ring (bicyclic) bond motifs is 12. The number of hydrogen-bond acceptors (Lipinski definition) is 3. The van der Waals surface area contributed by atoms with Crippen LogP contribution < -0.4 is 0 Å². The number of para-hydroxylation sites is 1. The van der Waals surface area contributed by atoms with Crippen molar-refractivity contribution in [1.29, 1.82) is 0 Å². The van der Waals surface area contributed by atoms with E-state index in [1.807, 2.05) is 11.3 Å². The standard InChI is InChI=1S/C60H46N2OS/c1-3-42-43(30-28-36(2)57(38-17-5-4-6-18-38)61-58(42)48-24-15-27-55-56(48)47-23-12-14-26-54(47)64-55)41-33-50-46-31-29-37-16-9-10-21-44(37)59(46)63-60(50)53(35-41)62-51-25-13-11-22-45(51)49-32-39-19-7-8-20-40(39)34-52(49)62/h4-27,29,31-36,42-43,57H,3,28,30H2,1-2H3/t36?,42-,43?,57?/m0/s1. The predicted octanol–water partition coefficient (Wildman–Crippen LogP) is 17.1. The first kappa shape index (κ1) is 37.5. The second-order valence-corrected chi connectivity index (χ2v) is 19.2. The highest BCUT2D eigenvalue weighted by Crippen LogP contribution is 2.48. The number of hydrogen-bond donors (Lipinski definition) is 0. The Morgan fingerprint density at radius 3 is 2.11 bits per heavy atom. The van der Waals surface area contributed by atoms with E-state index < -0.39 is 0 Å². The van der Waals surface area contributed by atoms with Crippen molar-refractivity contribution in [2.45, 2.75) is 45.1 Å². The summed E-state index contributed by atoms with van der Waals surface area (Å²) in [6.07, 6.45) is 3.07. The van der Waals surface area contributed by atoms with Gasteiger partial charge in [-0.2, -0.15) is 0 Å². The summed E-state index contributed by atoms with van der Waals surface area (Å²) in [6, 6.07) is 67.5. The highest BCUT2D eigenvalue weighted by molar-refractivity contribution is 7.25. The molecule has 3 aromatic heterocycles. The quantitative estimate of drug-likeness (QED) is 0.170. The summed E-state index contributed by atoms with van der Waals surface area (Å²) >= 11 is 1.89. The topological polar surface area (TPSA) is 30.4 Å². The summed E-state index contributed by atoms with van der Waals surface area (Å²) in [7, 11) is 0. The van der Waals surface area contributed by atoms with Crippen molar-refractivity contribution in [2.75, 3.05) is 0 Å². The number of thiophene rings is 1. The Hall–Kier alpha value is -7.01. The number of aliphatic imine (C=N–C) groups is 1. The van der Waals surface area contributed by atoms with Crippen LogP contribution in [0.4, 0.5) is 0 Å². The number of rotatable bonds is 5. The maximum atomic E-state index is 7.25. The fourth-order valence-electron chi connectivity index (χ4n) is 11.5. The van der Waals surface area contributed by atoms with Gasteiger partial charge in [0.15, 0.2) is 5.58 Å². The summed E-state index contributed by atoms with van der Waals surface area (Å²) in [5.74, 6) is 0.700. The Morgan fingerprint density at radius 2 is 1.27 bits per heavy atom. The maximum absolute atomic E-state index is 7.25. The minimum atomic E-state index is 0.0583. The van der Waals surface area contributed by atoms with E-state index in [0.717, 1.165) is 52.3 Å². The maximum Gasteiger partial charge on any atom is 0.159 e. The molecular weight excluding hydrogens is 797 g/mol. The zero-order valence-electron chi connectivity index (χ0n) is 36.0. The van der Waals surface area contributed by atoms with Crippen molar-refractivity contribution in [1.82, 2.24) is 4.57 Å². The van der Waals surface area contributed by atoms with Crippen LogP contribution in [0.2, 0.25) is 0 Å². The molecule has 9 aromatic carbocycles. The Morgan fingerprint density at radius 1 is 0.547 bits per heavy atom. The zero-order valence-corrected chi connectivity index (χ0v) is 36.8. The summed E-state index contributed by atoms with van der Waals surface area (Å²) in [5, 5.41) is 12.3. The van der Waals surface area contributed by atoms with Crippen LogP contribution in [-0.2, 0) is 0 Å². The van der Waals surface area contributed by atoms with Gasteiger partial charge in [0, 0.05) is 64.3 Å². The van der Waals surface area contributed by atoms with E-state index in [1.165, 1.54) is 80.5 Å². The number of nitrogens with zero attached hydrogens (tertiary/aromatic N) is 2. The van der Waals surface area contributed by atoms with Crippen LogP contribution in [0.3, 0.4) is 0 Å². The Labute approximate surface area is 375 Å². The third-order valence-corrected chi connectivity index (χ3v) is 15.7. The molecule has 1 aliphatic heterocycles. The first-order valence-corrected chi connectivity index (χ1v) is 23.8.